The second-order valence-electron chi connectivity index (χ2n) is 6.66. The molecule has 154 valence electrons. The Morgan fingerprint density at radius 3 is 2.60 bits per heavy atom. The minimum Gasteiger partial charge on any atom is -0.497 e. The summed E-state index contributed by atoms with van der Waals surface area (Å²) in [6.45, 7) is 2.33. The number of aromatic nitrogens is 3. The standard InChI is InChI=1S/C22H21N3O3S2/c1-13-7-5-6-8-16(13)19-24-20-18(23-22(29-4)30-20)21(26)25(19)12-14-9-10-15(27-2)11-17(14)28-3/h5-11H,12H2,1-4H3. The van der Waals surface area contributed by atoms with E-state index in [1.54, 1.807) is 18.8 Å². The summed E-state index contributed by atoms with van der Waals surface area (Å²) in [5.74, 6) is 1.97. The van der Waals surface area contributed by atoms with Crippen molar-refractivity contribution in [3.63, 3.8) is 0 Å². The predicted molar refractivity (Wildman–Crippen MR) is 122 cm³/mol. The van der Waals surface area contributed by atoms with Crippen LogP contribution in [0.1, 0.15) is 11.1 Å². The molecule has 0 saturated carbocycles. The topological polar surface area (TPSA) is 66.2 Å². The summed E-state index contributed by atoms with van der Waals surface area (Å²) in [5.41, 5.74) is 3.07. The van der Waals surface area contributed by atoms with Crippen LogP contribution in [0.3, 0.4) is 0 Å². The molecule has 8 heteroatoms. The highest BCUT2D eigenvalue weighted by Crippen LogP contribution is 2.30. The van der Waals surface area contributed by atoms with Gasteiger partial charge in [0.25, 0.3) is 5.56 Å². The lowest BCUT2D eigenvalue weighted by molar-refractivity contribution is 0.390. The smallest absolute Gasteiger partial charge is 0.281 e. The third-order valence-electron chi connectivity index (χ3n) is 4.88. The van der Waals surface area contributed by atoms with Crippen LogP contribution in [-0.4, -0.2) is 35.0 Å². The Bertz CT molecular complexity index is 1280. The third kappa shape index (κ3) is 3.68. The number of fused-ring (bicyclic) bond motifs is 1. The Morgan fingerprint density at radius 2 is 1.90 bits per heavy atom. The minimum atomic E-state index is -0.160. The molecule has 2 heterocycles. The summed E-state index contributed by atoms with van der Waals surface area (Å²) in [6.07, 6.45) is 1.95. The number of hydrogen-bond donors (Lipinski definition) is 0. The summed E-state index contributed by atoms with van der Waals surface area (Å²) in [5, 5.41) is 0. The molecule has 0 spiro atoms. The number of nitrogens with zero attached hydrogens (tertiary/aromatic N) is 3. The van der Waals surface area contributed by atoms with Crippen molar-refractivity contribution in [1.82, 2.24) is 14.5 Å². The zero-order valence-corrected chi connectivity index (χ0v) is 18.8. The Hall–Kier alpha value is -2.84. The van der Waals surface area contributed by atoms with E-state index in [2.05, 4.69) is 4.98 Å². The van der Waals surface area contributed by atoms with Crippen molar-refractivity contribution < 1.29 is 9.47 Å². The zero-order chi connectivity index (χ0) is 21.3. The van der Waals surface area contributed by atoms with Gasteiger partial charge in [-0.05, 0) is 30.9 Å². The van der Waals surface area contributed by atoms with Crippen LogP contribution >= 0.6 is 23.1 Å². The van der Waals surface area contributed by atoms with Gasteiger partial charge in [-0.2, -0.15) is 0 Å². The summed E-state index contributed by atoms with van der Waals surface area (Å²) >= 11 is 2.95. The lowest BCUT2D eigenvalue weighted by Gasteiger charge is -2.16. The van der Waals surface area contributed by atoms with Gasteiger partial charge in [0.2, 0.25) is 0 Å². The zero-order valence-electron chi connectivity index (χ0n) is 17.1. The van der Waals surface area contributed by atoms with Crippen molar-refractivity contribution in [2.24, 2.45) is 0 Å². The number of thioether (sulfide) groups is 1. The molecule has 0 aliphatic carbocycles. The predicted octanol–water partition coefficient (Wildman–Crippen LogP) is 4.62. The molecular formula is C22H21N3O3S2. The molecule has 4 aromatic rings. The quantitative estimate of drug-likeness (QED) is 0.409. The molecule has 0 radical (unpaired) electrons. The maximum atomic E-state index is 13.5. The normalized spacial score (nSPS) is 11.1. The lowest BCUT2D eigenvalue weighted by atomic mass is 10.1. The van der Waals surface area contributed by atoms with Crippen molar-refractivity contribution in [2.75, 3.05) is 20.5 Å². The molecule has 0 N–H and O–H groups in total. The maximum Gasteiger partial charge on any atom is 0.281 e. The molecule has 0 fully saturated rings. The first kappa shape index (κ1) is 20.4. The highest BCUT2D eigenvalue weighted by molar-refractivity contribution is 8.00. The summed E-state index contributed by atoms with van der Waals surface area (Å²) < 4.78 is 13.3. The molecular weight excluding hydrogens is 418 g/mol. The molecule has 0 bridgehead atoms. The summed E-state index contributed by atoms with van der Waals surface area (Å²) in [4.78, 5) is 23.5. The number of thiazole rings is 1. The van der Waals surface area contributed by atoms with Crippen LogP contribution in [0.25, 0.3) is 21.7 Å². The Labute approximate surface area is 182 Å². The number of methoxy groups -OCH3 is 2. The van der Waals surface area contributed by atoms with Gasteiger partial charge in [-0.1, -0.05) is 47.4 Å². The minimum absolute atomic E-state index is 0.160. The molecule has 2 aromatic carbocycles. The molecule has 2 aromatic heterocycles. The number of aryl methyl sites for hydroxylation is 1. The number of ether oxygens (including phenoxy) is 2. The van der Waals surface area contributed by atoms with Crippen LogP contribution in [0.2, 0.25) is 0 Å². The number of hydrogen-bond acceptors (Lipinski definition) is 7. The molecule has 30 heavy (non-hydrogen) atoms. The van der Waals surface area contributed by atoms with E-state index >= 15 is 0 Å². The SMILES string of the molecule is COc1ccc(Cn2c(-c3ccccc3C)nc3sc(SC)nc3c2=O)c(OC)c1. The first-order valence-electron chi connectivity index (χ1n) is 9.28. The summed E-state index contributed by atoms with van der Waals surface area (Å²) in [6, 6.07) is 13.5. The molecule has 4 rings (SSSR count). The molecule has 6 nitrogen and oxygen atoms in total. The Kier molecular flexibility index (Phi) is 5.78. The van der Waals surface area contributed by atoms with E-state index in [4.69, 9.17) is 14.5 Å². The van der Waals surface area contributed by atoms with Crippen molar-refractivity contribution >= 4 is 33.4 Å². The summed E-state index contributed by atoms with van der Waals surface area (Å²) in [7, 11) is 3.22. The van der Waals surface area contributed by atoms with E-state index in [1.165, 1.54) is 23.1 Å². The maximum absolute atomic E-state index is 13.5. The van der Waals surface area contributed by atoms with Crippen LogP contribution < -0.4 is 15.0 Å². The van der Waals surface area contributed by atoms with Crippen LogP contribution in [0.4, 0.5) is 0 Å². The average Bonchev–Trinajstić information content (AvgIpc) is 3.20. The fourth-order valence-corrected chi connectivity index (χ4v) is 4.72. The molecule has 0 atom stereocenters. The third-order valence-corrected chi connectivity index (χ3v) is 6.82. The van der Waals surface area contributed by atoms with Gasteiger partial charge in [0.05, 0.1) is 20.8 Å². The van der Waals surface area contributed by atoms with Gasteiger partial charge in [-0.15, -0.1) is 0 Å². The van der Waals surface area contributed by atoms with Gasteiger partial charge in [0, 0.05) is 17.2 Å². The lowest BCUT2D eigenvalue weighted by Crippen LogP contribution is -2.24. The largest absolute Gasteiger partial charge is 0.497 e. The van der Waals surface area contributed by atoms with E-state index in [9.17, 15) is 4.79 Å². The molecule has 0 aliphatic rings. The van der Waals surface area contributed by atoms with Gasteiger partial charge >= 0.3 is 0 Å². The van der Waals surface area contributed by atoms with E-state index < -0.39 is 0 Å². The first-order valence-corrected chi connectivity index (χ1v) is 11.3. The van der Waals surface area contributed by atoms with E-state index in [-0.39, 0.29) is 5.56 Å². The Morgan fingerprint density at radius 1 is 1.10 bits per heavy atom. The van der Waals surface area contributed by atoms with Gasteiger partial charge in [-0.25, -0.2) is 9.97 Å². The molecule has 0 amide bonds. The number of benzene rings is 2. The Balaban J connectivity index is 1.96. The van der Waals surface area contributed by atoms with Crippen molar-refractivity contribution in [3.05, 3.63) is 63.9 Å². The molecule has 0 saturated heterocycles. The molecule has 0 aliphatic heterocycles. The van der Waals surface area contributed by atoms with E-state index in [0.29, 0.717) is 34.2 Å². The highest BCUT2D eigenvalue weighted by atomic mass is 32.2. The fraction of sp³-hybridized carbons (Fsp3) is 0.227. The van der Waals surface area contributed by atoms with Gasteiger partial charge in [-0.3, -0.25) is 9.36 Å². The van der Waals surface area contributed by atoms with E-state index in [1.807, 2.05) is 55.6 Å². The van der Waals surface area contributed by atoms with Crippen LogP contribution in [-0.2, 0) is 6.54 Å². The second kappa shape index (κ2) is 8.49. The van der Waals surface area contributed by atoms with Crippen molar-refractivity contribution in [2.45, 2.75) is 17.8 Å². The highest BCUT2D eigenvalue weighted by Gasteiger charge is 2.19. The van der Waals surface area contributed by atoms with E-state index in [0.717, 1.165) is 21.0 Å². The average molecular weight is 440 g/mol. The van der Waals surface area contributed by atoms with Gasteiger partial charge < -0.3 is 9.47 Å². The van der Waals surface area contributed by atoms with Crippen LogP contribution in [0, 0.1) is 6.92 Å². The van der Waals surface area contributed by atoms with Crippen molar-refractivity contribution in [3.8, 4) is 22.9 Å². The second-order valence-corrected chi connectivity index (χ2v) is 8.69. The molecule has 0 unspecified atom stereocenters. The van der Waals surface area contributed by atoms with Crippen LogP contribution in [0.15, 0.2) is 51.6 Å². The van der Waals surface area contributed by atoms with Crippen LogP contribution in [0.5, 0.6) is 11.5 Å². The number of rotatable bonds is 6. The first-order chi connectivity index (χ1) is 14.5. The van der Waals surface area contributed by atoms with Gasteiger partial charge in [0.1, 0.15) is 17.3 Å². The van der Waals surface area contributed by atoms with Gasteiger partial charge in [0.15, 0.2) is 14.7 Å². The fourth-order valence-electron chi connectivity index (χ4n) is 3.30. The van der Waals surface area contributed by atoms with Crippen molar-refractivity contribution in [1.29, 1.82) is 0 Å². The monoisotopic (exact) mass is 439 g/mol.